The summed E-state index contributed by atoms with van der Waals surface area (Å²) in [5, 5.41) is 6.19. The van der Waals surface area contributed by atoms with Crippen LogP contribution in [0.4, 0.5) is 23.2 Å². The first-order chi connectivity index (χ1) is 13.0. The van der Waals surface area contributed by atoms with Crippen molar-refractivity contribution in [3.05, 3.63) is 46.5 Å². The number of alkyl halides is 3. The molecule has 0 saturated carbocycles. The first-order valence-corrected chi connectivity index (χ1v) is 8.49. The van der Waals surface area contributed by atoms with Crippen LogP contribution in [0.2, 0.25) is 5.15 Å². The summed E-state index contributed by atoms with van der Waals surface area (Å²) in [7, 11) is 3.05. The average Bonchev–Trinajstić information content (AvgIpc) is 3.05. The van der Waals surface area contributed by atoms with Crippen LogP contribution >= 0.6 is 11.6 Å². The minimum Gasteiger partial charge on any atom is -0.344 e. The van der Waals surface area contributed by atoms with Crippen LogP contribution < -0.4 is 5.32 Å². The maximum absolute atomic E-state index is 13.7. The van der Waals surface area contributed by atoms with E-state index in [2.05, 4.69) is 10.4 Å². The van der Waals surface area contributed by atoms with Gasteiger partial charge in [0.1, 0.15) is 17.3 Å². The van der Waals surface area contributed by atoms with Crippen LogP contribution in [0.3, 0.4) is 0 Å². The molecule has 0 spiro atoms. The van der Waals surface area contributed by atoms with E-state index in [1.54, 1.807) is 7.05 Å². The van der Waals surface area contributed by atoms with Crippen LogP contribution in [-0.2, 0) is 22.8 Å². The molecule has 2 amide bonds. The molecule has 1 aliphatic heterocycles. The lowest BCUT2D eigenvalue weighted by Crippen LogP contribution is -2.33. The lowest BCUT2D eigenvalue weighted by Gasteiger charge is -2.19. The lowest BCUT2D eigenvalue weighted by atomic mass is 9.91. The highest BCUT2D eigenvalue weighted by molar-refractivity contribution is 6.29. The number of hydrogen-bond acceptors (Lipinski definition) is 3. The number of nitrogens with one attached hydrogen (secondary N) is 1. The van der Waals surface area contributed by atoms with Crippen molar-refractivity contribution in [2.75, 3.05) is 18.9 Å². The van der Waals surface area contributed by atoms with Gasteiger partial charge in [0.05, 0.1) is 5.69 Å². The Labute approximate surface area is 162 Å². The summed E-state index contributed by atoms with van der Waals surface area (Å²) in [5.41, 5.74) is -1.86. The number of carbonyl (C=O) groups is 2. The van der Waals surface area contributed by atoms with Crippen LogP contribution in [0.25, 0.3) is 0 Å². The average molecular weight is 419 g/mol. The van der Waals surface area contributed by atoms with Gasteiger partial charge in [-0.05, 0) is 18.2 Å². The number of aromatic nitrogens is 2. The Kier molecular flexibility index (Phi) is 5.09. The summed E-state index contributed by atoms with van der Waals surface area (Å²) in [6.07, 6.45) is -5.01. The van der Waals surface area contributed by atoms with Crippen LogP contribution in [0.15, 0.2) is 24.3 Å². The molecule has 1 N–H and O–H groups in total. The zero-order chi connectivity index (χ0) is 20.8. The number of nitrogens with zero attached hydrogens (tertiary/aromatic N) is 3. The van der Waals surface area contributed by atoms with Crippen molar-refractivity contribution in [1.82, 2.24) is 14.7 Å². The second-order valence-electron chi connectivity index (χ2n) is 6.47. The fraction of sp³-hybridized carbons (Fsp3) is 0.353. The highest BCUT2D eigenvalue weighted by Gasteiger charge is 2.46. The smallest absolute Gasteiger partial charge is 0.344 e. The summed E-state index contributed by atoms with van der Waals surface area (Å²) in [4.78, 5) is 26.5. The summed E-state index contributed by atoms with van der Waals surface area (Å²) in [5.74, 6) is -5.03. The fourth-order valence-electron chi connectivity index (χ4n) is 3.38. The Morgan fingerprint density at radius 3 is 2.57 bits per heavy atom. The van der Waals surface area contributed by atoms with E-state index in [1.807, 2.05) is 0 Å². The van der Waals surface area contributed by atoms with E-state index in [9.17, 15) is 27.2 Å². The summed E-state index contributed by atoms with van der Waals surface area (Å²) in [6, 6.07) is 4.11. The first-order valence-electron chi connectivity index (χ1n) is 8.11. The molecule has 0 radical (unpaired) electrons. The molecule has 1 aromatic carbocycles. The molecule has 150 valence electrons. The molecule has 1 fully saturated rings. The van der Waals surface area contributed by atoms with Gasteiger partial charge < -0.3 is 10.2 Å². The van der Waals surface area contributed by atoms with E-state index in [0.717, 1.165) is 12.1 Å². The van der Waals surface area contributed by atoms with E-state index < -0.39 is 46.9 Å². The van der Waals surface area contributed by atoms with Crippen molar-refractivity contribution in [2.45, 2.75) is 12.1 Å². The van der Waals surface area contributed by atoms with Gasteiger partial charge in [0, 0.05) is 32.3 Å². The third-order valence-electron chi connectivity index (χ3n) is 4.62. The maximum Gasteiger partial charge on any atom is 0.421 e. The standard InChI is InChI=1S/C17H15ClF4N4O2/c1-25-7-8(11-6-12(18)24-26(11)2)13(16(25)28)15(27)23-10-5-3-4-9(19)14(10)17(20,21)22/h3-6,8,13H,7H2,1-2H3,(H,23,27)/t8-,13+/m1/s1. The quantitative estimate of drug-likeness (QED) is 0.615. The first kappa shape index (κ1) is 20.1. The predicted octanol–water partition coefficient (Wildman–Crippen LogP) is 3.04. The Morgan fingerprint density at radius 2 is 2.00 bits per heavy atom. The van der Waals surface area contributed by atoms with Gasteiger partial charge in [-0.3, -0.25) is 14.3 Å². The molecule has 11 heteroatoms. The number of rotatable bonds is 3. The van der Waals surface area contributed by atoms with Crippen molar-refractivity contribution in [3.63, 3.8) is 0 Å². The third kappa shape index (κ3) is 3.56. The molecule has 28 heavy (non-hydrogen) atoms. The number of anilines is 1. The maximum atomic E-state index is 13.7. The van der Waals surface area contributed by atoms with Crippen molar-refractivity contribution < 1.29 is 27.2 Å². The number of amides is 2. The number of carbonyl (C=O) groups excluding carboxylic acids is 2. The molecule has 1 aliphatic rings. The van der Waals surface area contributed by atoms with Gasteiger partial charge in [-0.1, -0.05) is 17.7 Å². The van der Waals surface area contributed by atoms with Gasteiger partial charge >= 0.3 is 6.18 Å². The number of benzene rings is 1. The van der Waals surface area contributed by atoms with E-state index in [-0.39, 0.29) is 11.7 Å². The number of halogens is 5. The largest absolute Gasteiger partial charge is 0.421 e. The Morgan fingerprint density at radius 1 is 1.32 bits per heavy atom. The van der Waals surface area contributed by atoms with Crippen LogP contribution in [0, 0.1) is 11.7 Å². The molecule has 2 atom stereocenters. The Balaban J connectivity index is 1.96. The third-order valence-corrected chi connectivity index (χ3v) is 4.80. The summed E-state index contributed by atoms with van der Waals surface area (Å²) >= 11 is 5.86. The number of aryl methyl sites for hydroxylation is 1. The van der Waals surface area contributed by atoms with Crippen molar-refractivity contribution >= 4 is 29.1 Å². The van der Waals surface area contributed by atoms with Gasteiger partial charge in [0.2, 0.25) is 11.8 Å². The minimum absolute atomic E-state index is 0.155. The molecule has 1 aromatic heterocycles. The minimum atomic E-state index is -5.01. The summed E-state index contributed by atoms with van der Waals surface area (Å²) in [6.45, 7) is 0.155. The second kappa shape index (κ2) is 7.08. The van der Waals surface area contributed by atoms with E-state index in [0.29, 0.717) is 11.8 Å². The van der Waals surface area contributed by atoms with Gasteiger partial charge in [-0.2, -0.15) is 18.3 Å². The Bertz CT molecular complexity index is 944. The predicted molar refractivity (Wildman–Crippen MR) is 92.1 cm³/mol. The Hall–Kier alpha value is -2.62. The fourth-order valence-corrected chi connectivity index (χ4v) is 3.60. The molecule has 0 bridgehead atoms. The van der Waals surface area contributed by atoms with E-state index in [1.165, 1.54) is 22.7 Å². The monoisotopic (exact) mass is 418 g/mol. The van der Waals surface area contributed by atoms with Gasteiger partial charge in [0.15, 0.2) is 5.15 Å². The van der Waals surface area contributed by atoms with Gasteiger partial charge in [0.25, 0.3) is 0 Å². The topological polar surface area (TPSA) is 67.2 Å². The molecule has 0 unspecified atom stereocenters. The molecule has 2 heterocycles. The van der Waals surface area contributed by atoms with Crippen molar-refractivity contribution in [2.24, 2.45) is 13.0 Å². The SMILES string of the molecule is CN1C[C@H](c2cc(Cl)nn2C)[C@@H](C(=O)Nc2cccc(F)c2C(F)(F)F)C1=O. The van der Waals surface area contributed by atoms with Crippen molar-refractivity contribution in [1.29, 1.82) is 0 Å². The second-order valence-corrected chi connectivity index (χ2v) is 6.86. The van der Waals surface area contributed by atoms with Crippen LogP contribution in [0.5, 0.6) is 0 Å². The highest BCUT2D eigenvalue weighted by atomic mass is 35.5. The highest BCUT2D eigenvalue weighted by Crippen LogP contribution is 2.39. The zero-order valence-electron chi connectivity index (χ0n) is 14.7. The molecule has 0 aliphatic carbocycles. The molecule has 2 aromatic rings. The molecule has 6 nitrogen and oxygen atoms in total. The number of likely N-dealkylation sites (tertiary alicyclic amines) is 1. The molecular formula is C17H15ClF4N4O2. The summed E-state index contributed by atoms with van der Waals surface area (Å²) < 4.78 is 54.7. The van der Waals surface area contributed by atoms with Gasteiger partial charge in [-0.15, -0.1) is 0 Å². The number of hydrogen-bond donors (Lipinski definition) is 1. The molecular weight excluding hydrogens is 404 g/mol. The number of likely N-dealkylation sites (N-methyl/N-ethyl adjacent to an activating group) is 1. The molecule has 3 rings (SSSR count). The zero-order valence-corrected chi connectivity index (χ0v) is 15.5. The van der Waals surface area contributed by atoms with Crippen molar-refractivity contribution in [3.8, 4) is 0 Å². The van der Waals surface area contributed by atoms with Crippen LogP contribution in [0.1, 0.15) is 17.2 Å². The van der Waals surface area contributed by atoms with Gasteiger partial charge in [-0.25, -0.2) is 4.39 Å². The van der Waals surface area contributed by atoms with E-state index >= 15 is 0 Å². The normalized spacial score (nSPS) is 20.0. The van der Waals surface area contributed by atoms with Crippen LogP contribution in [-0.4, -0.2) is 40.1 Å². The molecule has 1 saturated heterocycles. The lowest BCUT2D eigenvalue weighted by molar-refractivity contribution is -0.139. The van der Waals surface area contributed by atoms with E-state index in [4.69, 9.17) is 11.6 Å².